The molecule has 0 radical (unpaired) electrons. The molecule has 0 spiro atoms. The first-order valence-electron chi connectivity index (χ1n) is 9.93. The Bertz CT molecular complexity index is 277. The molecule has 138 valence electrons. The van der Waals surface area contributed by atoms with Crippen LogP contribution in [0.3, 0.4) is 0 Å². The lowest BCUT2D eigenvalue weighted by molar-refractivity contribution is -0.890. The minimum absolute atomic E-state index is 0.171. The van der Waals surface area contributed by atoms with Crippen molar-refractivity contribution in [2.75, 3.05) is 33.8 Å². The van der Waals surface area contributed by atoms with Crippen LogP contribution in [0.2, 0.25) is 0 Å². The predicted octanol–water partition coefficient (Wildman–Crippen LogP) is 5.33. The van der Waals surface area contributed by atoms with Gasteiger partial charge in [0, 0.05) is 6.92 Å². The van der Waals surface area contributed by atoms with E-state index in [-0.39, 0.29) is 5.97 Å². The minimum atomic E-state index is -0.171. The van der Waals surface area contributed by atoms with Crippen LogP contribution >= 0.6 is 0 Å². The molecule has 0 saturated carbocycles. The zero-order valence-corrected chi connectivity index (χ0v) is 16.4. The van der Waals surface area contributed by atoms with Gasteiger partial charge in [0.05, 0.1) is 20.6 Å². The number of hydrogen-bond acceptors (Lipinski definition) is 2. The number of carbonyl (C=O) groups is 1. The lowest BCUT2D eigenvalue weighted by Crippen LogP contribution is -2.43. The molecule has 0 bridgehead atoms. The summed E-state index contributed by atoms with van der Waals surface area (Å²) in [4.78, 5) is 10.8. The van der Waals surface area contributed by atoms with Crippen LogP contribution in [0.4, 0.5) is 0 Å². The van der Waals surface area contributed by atoms with E-state index in [0.717, 1.165) is 11.0 Å². The fourth-order valence-electron chi connectivity index (χ4n) is 2.93. The molecule has 0 aromatic heterocycles. The van der Waals surface area contributed by atoms with Gasteiger partial charge in [0.2, 0.25) is 0 Å². The van der Waals surface area contributed by atoms with Gasteiger partial charge in [-0.1, -0.05) is 71.1 Å². The molecule has 0 rings (SSSR count). The Morgan fingerprint density at radius 3 is 1.61 bits per heavy atom. The van der Waals surface area contributed by atoms with Crippen LogP contribution in [-0.2, 0) is 9.53 Å². The second-order valence-corrected chi connectivity index (χ2v) is 7.61. The van der Waals surface area contributed by atoms with E-state index in [1.807, 2.05) is 0 Å². The number of unbranched alkanes of at least 4 members (excludes halogenated alkanes) is 11. The molecular weight excluding hydrogens is 286 g/mol. The molecule has 0 aromatic carbocycles. The Kier molecular flexibility index (Phi) is 14.6. The van der Waals surface area contributed by atoms with Crippen LogP contribution in [0.5, 0.6) is 0 Å². The number of esters is 1. The molecule has 3 heteroatoms. The third-order valence-electron chi connectivity index (χ3n) is 4.62. The normalized spacial score (nSPS) is 11.7. The Morgan fingerprint density at radius 1 is 0.739 bits per heavy atom. The maximum Gasteiger partial charge on any atom is 0.302 e. The first kappa shape index (κ1) is 22.4. The summed E-state index contributed by atoms with van der Waals surface area (Å²) < 4.78 is 5.99. The number of likely N-dealkylation sites (N-methyl/N-ethyl adjacent to an activating group) is 1. The van der Waals surface area contributed by atoms with Gasteiger partial charge in [-0.15, -0.1) is 0 Å². The minimum Gasteiger partial charge on any atom is -0.460 e. The summed E-state index contributed by atoms with van der Waals surface area (Å²) in [6.07, 6.45) is 16.7. The molecule has 0 atom stereocenters. The molecule has 0 fully saturated rings. The van der Waals surface area contributed by atoms with Crippen molar-refractivity contribution in [2.45, 2.75) is 90.9 Å². The highest BCUT2D eigenvalue weighted by molar-refractivity contribution is 5.65. The largest absolute Gasteiger partial charge is 0.460 e. The zero-order chi connectivity index (χ0) is 17.4. The third-order valence-corrected chi connectivity index (χ3v) is 4.62. The quantitative estimate of drug-likeness (QED) is 0.217. The van der Waals surface area contributed by atoms with Crippen LogP contribution < -0.4 is 0 Å². The summed E-state index contributed by atoms with van der Waals surface area (Å²) in [5, 5.41) is 0. The van der Waals surface area contributed by atoms with E-state index in [2.05, 4.69) is 21.0 Å². The molecule has 0 unspecified atom stereocenters. The van der Waals surface area contributed by atoms with Crippen molar-refractivity contribution in [1.29, 1.82) is 0 Å². The highest BCUT2D eigenvalue weighted by Crippen LogP contribution is 2.12. The molecule has 0 saturated heterocycles. The Hall–Kier alpha value is -0.570. The summed E-state index contributed by atoms with van der Waals surface area (Å²) in [6, 6.07) is 0. The van der Waals surface area contributed by atoms with Crippen molar-refractivity contribution in [2.24, 2.45) is 0 Å². The average Bonchev–Trinajstić information content (AvgIpc) is 2.47. The molecular formula is C20H42NO2+. The SMILES string of the molecule is CCCCCCCCCCCCCC[N+](C)(C)CCOC(C)=O. The van der Waals surface area contributed by atoms with Crippen LogP contribution in [0.15, 0.2) is 0 Å². The summed E-state index contributed by atoms with van der Waals surface area (Å²) in [6.45, 7) is 6.39. The highest BCUT2D eigenvalue weighted by Gasteiger charge is 2.14. The maximum absolute atomic E-state index is 10.8. The number of hydrogen-bond donors (Lipinski definition) is 0. The number of nitrogens with zero attached hydrogens (tertiary/aromatic N) is 1. The Morgan fingerprint density at radius 2 is 1.17 bits per heavy atom. The fraction of sp³-hybridized carbons (Fsp3) is 0.950. The maximum atomic E-state index is 10.8. The number of carbonyl (C=O) groups excluding carboxylic acids is 1. The summed E-state index contributed by atoms with van der Waals surface area (Å²) in [7, 11) is 4.45. The van der Waals surface area contributed by atoms with Gasteiger partial charge in [0.25, 0.3) is 0 Å². The van der Waals surface area contributed by atoms with E-state index in [1.54, 1.807) is 0 Å². The topological polar surface area (TPSA) is 26.3 Å². The van der Waals surface area contributed by atoms with E-state index >= 15 is 0 Å². The predicted molar refractivity (Wildman–Crippen MR) is 99.6 cm³/mol. The lowest BCUT2D eigenvalue weighted by Gasteiger charge is -2.29. The van der Waals surface area contributed by atoms with E-state index < -0.39 is 0 Å². The molecule has 0 aliphatic rings. The van der Waals surface area contributed by atoms with Gasteiger partial charge < -0.3 is 9.22 Å². The second-order valence-electron chi connectivity index (χ2n) is 7.61. The lowest BCUT2D eigenvalue weighted by atomic mass is 10.1. The van der Waals surface area contributed by atoms with Crippen molar-refractivity contribution in [3.63, 3.8) is 0 Å². The number of ether oxygens (including phenoxy) is 1. The van der Waals surface area contributed by atoms with Gasteiger partial charge in [0.15, 0.2) is 0 Å². The summed E-state index contributed by atoms with van der Waals surface area (Å²) in [5.74, 6) is -0.171. The molecule has 23 heavy (non-hydrogen) atoms. The first-order valence-corrected chi connectivity index (χ1v) is 9.93. The Labute approximate surface area is 145 Å². The highest BCUT2D eigenvalue weighted by atomic mass is 16.5. The zero-order valence-electron chi connectivity index (χ0n) is 16.4. The summed E-state index contributed by atoms with van der Waals surface area (Å²) in [5.41, 5.74) is 0. The van der Waals surface area contributed by atoms with Crippen molar-refractivity contribution in [3.8, 4) is 0 Å². The van der Waals surface area contributed by atoms with Gasteiger partial charge in [-0.05, 0) is 12.8 Å². The van der Waals surface area contributed by atoms with Gasteiger partial charge in [-0.3, -0.25) is 4.79 Å². The molecule has 0 N–H and O–H groups in total. The number of quaternary nitrogens is 1. The molecule has 0 aliphatic carbocycles. The Balaban J connectivity index is 3.29. The van der Waals surface area contributed by atoms with Crippen molar-refractivity contribution < 1.29 is 14.0 Å². The number of rotatable bonds is 16. The average molecular weight is 329 g/mol. The van der Waals surface area contributed by atoms with Crippen molar-refractivity contribution >= 4 is 5.97 Å². The van der Waals surface area contributed by atoms with Gasteiger partial charge >= 0.3 is 5.97 Å². The van der Waals surface area contributed by atoms with Crippen LogP contribution in [0.25, 0.3) is 0 Å². The molecule has 0 aliphatic heterocycles. The smallest absolute Gasteiger partial charge is 0.302 e. The van der Waals surface area contributed by atoms with Crippen LogP contribution in [-0.4, -0.2) is 44.2 Å². The third kappa shape index (κ3) is 17.6. The van der Waals surface area contributed by atoms with Crippen LogP contribution in [0.1, 0.15) is 90.9 Å². The van der Waals surface area contributed by atoms with Crippen LogP contribution in [0, 0.1) is 0 Å². The first-order chi connectivity index (χ1) is 11.0. The van der Waals surface area contributed by atoms with E-state index in [4.69, 9.17) is 4.74 Å². The fourth-order valence-corrected chi connectivity index (χ4v) is 2.93. The second kappa shape index (κ2) is 15.0. The van der Waals surface area contributed by atoms with Gasteiger partial charge in [-0.2, -0.15) is 0 Å². The molecule has 0 aromatic rings. The molecule has 0 amide bonds. The van der Waals surface area contributed by atoms with E-state index in [1.165, 1.54) is 90.5 Å². The van der Waals surface area contributed by atoms with E-state index in [9.17, 15) is 4.79 Å². The standard InChI is InChI=1S/C20H42NO2/c1-5-6-7-8-9-10-11-12-13-14-15-16-17-21(3,4)18-19-23-20(2)22/h5-19H2,1-4H3/q+1. The van der Waals surface area contributed by atoms with E-state index in [0.29, 0.717) is 6.61 Å². The van der Waals surface area contributed by atoms with Gasteiger partial charge in [0.1, 0.15) is 13.2 Å². The summed E-state index contributed by atoms with van der Waals surface area (Å²) >= 11 is 0. The molecule has 3 nitrogen and oxygen atoms in total. The van der Waals surface area contributed by atoms with Gasteiger partial charge in [-0.25, -0.2) is 0 Å². The monoisotopic (exact) mass is 328 g/mol. The molecule has 0 heterocycles. The van der Waals surface area contributed by atoms with Crippen molar-refractivity contribution in [1.82, 2.24) is 0 Å². The van der Waals surface area contributed by atoms with Crippen molar-refractivity contribution in [3.05, 3.63) is 0 Å².